The van der Waals surface area contributed by atoms with Gasteiger partial charge in [-0.25, -0.2) is 0 Å². The summed E-state index contributed by atoms with van der Waals surface area (Å²) in [5.74, 6) is -0.0336. The molecule has 106 valence electrons. The summed E-state index contributed by atoms with van der Waals surface area (Å²) in [6.45, 7) is 2.10. The summed E-state index contributed by atoms with van der Waals surface area (Å²) in [7, 11) is 0. The summed E-state index contributed by atoms with van der Waals surface area (Å²) in [5, 5.41) is 0.952. The fraction of sp³-hybridized carbons (Fsp3) is 0.118. The van der Waals surface area contributed by atoms with E-state index in [9.17, 15) is 4.79 Å². The van der Waals surface area contributed by atoms with Crippen LogP contribution in [-0.2, 0) is 6.42 Å². The SMILES string of the molecule is CCc1cccc2c(C(=O)c3cc(N)ccc3Br)c[nH]c12. The minimum absolute atomic E-state index is 0.0336. The number of carbonyl (C=O) groups excluding carboxylic acids is 1. The molecule has 3 nitrogen and oxygen atoms in total. The maximum Gasteiger partial charge on any atom is 0.196 e. The third-order valence-electron chi connectivity index (χ3n) is 3.66. The first-order valence-corrected chi connectivity index (χ1v) is 7.59. The maximum atomic E-state index is 12.8. The Morgan fingerprint density at radius 1 is 1.24 bits per heavy atom. The van der Waals surface area contributed by atoms with Gasteiger partial charge in [-0.2, -0.15) is 0 Å². The number of anilines is 1. The van der Waals surface area contributed by atoms with Crippen LogP contribution in [0.15, 0.2) is 47.1 Å². The highest BCUT2D eigenvalue weighted by Crippen LogP contribution is 2.28. The second-order valence-electron chi connectivity index (χ2n) is 4.96. The van der Waals surface area contributed by atoms with Crippen LogP contribution < -0.4 is 5.73 Å². The van der Waals surface area contributed by atoms with Gasteiger partial charge in [0.05, 0.1) is 0 Å². The number of ketones is 1. The molecule has 0 bridgehead atoms. The minimum Gasteiger partial charge on any atom is -0.399 e. The highest BCUT2D eigenvalue weighted by Gasteiger charge is 2.17. The van der Waals surface area contributed by atoms with E-state index in [0.29, 0.717) is 16.8 Å². The zero-order valence-corrected chi connectivity index (χ0v) is 13.2. The summed E-state index contributed by atoms with van der Waals surface area (Å²) in [4.78, 5) is 16.0. The molecule has 21 heavy (non-hydrogen) atoms. The summed E-state index contributed by atoms with van der Waals surface area (Å²) < 4.78 is 0.752. The van der Waals surface area contributed by atoms with Crippen molar-refractivity contribution in [3.05, 3.63) is 63.8 Å². The predicted molar refractivity (Wildman–Crippen MR) is 89.7 cm³/mol. The molecular weight excluding hydrogens is 328 g/mol. The van der Waals surface area contributed by atoms with Gasteiger partial charge in [0.1, 0.15) is 0 Å². The van der Waals surface area contributed by atoms with Crippen LogP contribution >= 0.6 is 15.9 Å². The van der Waals surface area contributed by atoms with E-state index >= 15 is 0 Å². The number of aromatic amines is 1. The number of nitrogens with one attached hydrogen (secondary N) is 1. The molecule has 0 fully saturated rings. The predicted octanol–water partition coefficient (Wildman–Crippen LogP) is 4.31. The Morgan fingerprint density at radius 2 is 2.05 bits per heavy atom. The van der Waals surface area contributed by atoms with Crippen molar-refractivity contribution in [2.24, 2.45) is 0 Å². The molecule has 1 heterocycles. The average Bonchev–Trinajstić information content (AvgIpc) is 2.93. The monoisotopic (exact) mass is 342 g/mol. The van der Waals surface area contributed by atoms with Gasteiger partial charge in [-0.05, 0) is 30.2 Å². The molecule has 0 amide bonds. The number of hydrogen-bond acceptors (Lipinski definition) is 2. The number of nitrogen functional groups attached to an aromatic ring is 1. The number of halogens is 1. The third-order valence-corrected chi connectivity index (χ3v) is 4.35. The first-order chi connectivity index (χ1) is 10.1. The lowest BCUT2D eigenvalue weighted by molar-refractivity contribution is 0.103. The van der Waals surface area contributed by atoms with Crippen LogP contribution in [0.4, 0.5) is 5.69 Å². The highest BCUT2D eigenvalue weighted by molar-refractivity contribution is 9.10. The topological polar surface area (TPSA) is 58.9 Å². The maximum absolute atomic E-state index is 12.8. The standard InChI is InChI=1S/C17H15BrN2O/c1-2-10-4-3-5-12-14(9-20-16(10)12)17(21)13-8-11(19)6-7-15(13)18/h3-9,20H,2,19H2,1H3. The van der Waals surface area contributed by atoms with Gasteiger partial charge in [-0.3, -0.25) is 4.79 Å². The number of fused-ring (bicyclic) bond motifs is 1. The molecule has 4 heteroatoms. The van der Waals surface area contributed by atoms with Crippen molar-refractivity contribution in [1.29, 1.82) is 0 Å². The fourth-order valence-corrected chi connectivity index (χ4v) is 2.99. The molecule has 0 aliphatic rings. The van der Waals surface area contributed by atoms with Crippen molar-refractivity contribution < 1.29 is 4.79 Å². The number of benzene rings is 2. The van der Waals surface area contributed by atoms with Gasteiger partial charge in [0.15, 0.2) is 5.78 Å². The summed E-state index contributed by atoms with van der Waals surface area (Å²) in [6, 6.07) is 11.3. The van der Waals surface area contributed by atoms with E-state index in [0.717, 1.165) is 21.8 Å². The molecule has 3 rings (SSSR count). The number of hydrogen-bond donors (Lipinski definition) is 2. The van der Waals surface area contributed by atoms with Crippen LogP contribution in [-0.4, -0.2) is 10.8 Å². The number of nitrogens with two attached hydrogens (primary N) is 1. The van der Waals surface area contributed by atoms with Crippen molar-refractivity contribution in [2.45, 2.75) is 13.3 Å². The van der Waals surface area contributed by atoms with Gasteiger partial charge in [0, 0.05) is 38.4 Å². The molecule has 0 saturated heterocycles. The Kier molecular flexibility index (Phi) is 3.55. The lowest BCUT2D eigenvalue weighted by Gasteiger charge is -2.05. The van der Waals surface area contributed by atoms with Crippen molar-refractivity contribution in [2.75, 3.05) is 5.73 Å². The number of para-hydroxylation sites is 1. The van der Waals surface area contributed by atoms with Crippen LogP contribution in [0.3, 0.4) is 0 Å². The van der Waals surface area contributed by atoms with Gasteiger partial charge in [-0.1, -0.05) is 41.1 Å². The molecule has 0 radical (unpaired) electrons. The van der Waals surface area contributed by atoms with E-state index in [1.54, 1.807) is 24.4 Å². The normalized spacial score (nSPS) is 11.0. The Labute approximate surface area is 131 Å². The second kappa shape index (κ2) is 5.37. The third kappa shape index (κ3) is 2.36. The van der Waals surface area contributed by atoms with E-state index < -0.39 is 0 Å². The number of aromatic nitrogens is 1. The molecule has 0 unspecified atom stereocenters. The lowest BCUT2D eigenvalue weighted by atomic mass is 10.0. The van der Waals surface area contributed by atoms with Gasteiger partial charge >= 0.3 is 0 Å². The summed E-state index contributed by atoms with van der Waals surface area (Å²) in [5.41, 5.74) is 9.87. The Morgan fingerprint density at radius 3 is 2.81 bits per heavy atom. The Hall–Kier alpha value is -2.07. The smallest absolute Gasteiger partial charge is 0.196 e. The minimum atomic E-state index is -0.0336. The molecule has 3 aromatic rings. The molecule has 0 aliphatic carbocycles. The molecule has 1 aromatic heterocycles. The van der Waals surface area contributed by atoms with E-state index in [4.69, 9.17) is 5.73 Å². The molecule has 0 saturated carbocycles. The van der Waals surface area contributed by atoms with E-state index in [-0.39, 0.29) is 5.78 Å². The number of H-pyrrole nitrogens is 1. The van der Waals surface area contributed by atoms with E-state index in [1.165, 1.54) is 5.56 Å². The Balaban J connectivity index is 2.16. The number of rotatable bonds is 3. The summed E-state index contributed by atoms with van der Waals surface area (Å²) >= 11 is 3.42. The van der Waals surface area contributed by atoms with E-state index in [2.05, 4.69) is 33.9 Å². The number of aryl methyl sites for hydroxylation is 1. The fourth-order valence-electron chi connectivity index (χ4n) is 2.56. The lowest BCUT2D eigenvalue weighted by Crippen LogP contribution is -2.02. The van der Waals surface area contributed by atoms with Crippen molar-refractivity contribution in [3.8, 4) is 0 Å². The molecular formula is C17H15BrN2O. The van der Waals surface area contributed by atoms with E-state index in [1.807, 2.05) is 12.1 Å². The van der Waals surface area contributed by atoms with Crippen molar-refractivity contribution >= 4 is 38.3 Å². The molecule has 0 aliphatic heterocycles. The van der Waals surface area contributed by atoms with Crippen LogP contribution in [0.2, 0.25) is 0 Å². The van der Waals surface area contributed by atoms with Gasteiger partial charge in [0.25, 0.3) is 0 Å². The highest BCUT2D eigenvalue weighted by atomic mass is 79.9. The second-order valence-corrected chi connectivity index (χ2v) is 5.82. The quantitative estimate of drug-likeness (QED) is 0.550. The van der Waals surface area contributed by atoms with Crippen LogP contribution in [0.1, 0.15) is 28.4 Å². The van der Waals surface area contributed by atoms with Crippen LogP contribution in [0.5, 0.6) is 0 Å². The number of carbonyl (C=O) groups is 1. The zero-order valence-electron chi connectivity index (χ0n) is 11.6. The molecule has 3 N–H and O–H groups in total. The first kappa shape index (κ1) is 13.9. The summed E-state index contributed by atoms with van der Waals surface area (Å²) in [6.07, 6.45) is 2.70. The van der Waals surface area contributed by atoms with Gasteiger partial charge in [0.2, 0.25) is 0 Å². The largest absolute Gasteiger partial charge is 0.399 e. The molecule has 2 aromatic carbocycles. The molecule has 0 atom stereocenters. The van der Waals surface area contributed by atoms with Crippen LogP contribution in [0.25, 0.3) is 10.9 Å². The van der Waals surface area contributed by atoms with Gasteiger partial charge < -0.3 is 10.7 Å². The first-order valence-electron chi connectivity index (χ1n) is 6.80. The Bertz CT molecular complexity index is 836. The zero-order chi connectivity index (χ0) is 15.0. The molecule has 0 spiro atoms. The van der Waals surface area contributed by atoms with Gasteiger partial charge in [-0.15, -0.1) is 0 Å². The van der Waals surface area contributed by atoms with Crippen LogP contribution in [0, 0.1) is 0 Å². The van der Waals surface area contributed by atoms with Crippen molar-refractivity contribution in [1.82, 2.24) is 4.98 Å². The average molecular weight is 343 g/mol. The van der Waals surface area contributed by atoms with Crippen molar-refractivity contribution in [3.63, 3.8) is 0 Å².